The summed E-state index contributed by atoms with van der Waals surface area (Å²) in [5.41, 5.74) is 4.57. The van der Waals surface area contributed by atoms with Crippen LogP contribution in [0.2, 0.25) is 0 Å². The fourth-order valence-electron chi connectivity index (χ4n) is 2.67. The number of alkyl halides is 4. The number of pyridine rings is 1. The van der Waals surface area contributed by atoms with Crippen LogP contribution < -0.4 is 11.1 Å². The minimum atomic E-state index is -4.53. The van der Waals surface area contributed by atoms with E-state index in [-0.39, 0.29) is 11.3 Å². The number of carbonyl (C=O) groups is 1. The molecule has 3 aromatic rings. The third kappa shape index (κ3) is 4.15. The van der Waals surface area contributed by atoms with Crippen molar-refractivity contribution in [2.75, 3.05) is 5.32 Å². The molecule has 3 aromatic heterocycles. The average Bonchev–Trinajstić information content (AvgIpc) is 3.05. The van der Waals surface area contributed by atoms with Crippen LogP contribution in [0.5, 0.6) is 0 Å². The van der Waals surface area contributed by atoms with Crippen molar-refractivity contribution < 1.29 is 22.4 Å². The van der Waals surface area contributed by atoms with Crippen molar-refractivity contribution >= 4 is 17.1 Å². The number of hydrogen-bond donors (Lipinski definition) is 2. The lowest BCUT2D eigenvalue weighted by Crippen LogP contribution is -2.36. The number of hydrogen-bond acceptors (Lipinski definition) is 4. The van der Waals surface area contributed by atoms with E-state index in [0.29, 0.717) is 16.6 Å². The summed E-state index contributed by atoms with van der Waals surface area (Å²) in [6.07, 6.45) is -0.605. The Hall–Kier alpha value is -3.17. The second kappa shape index (κ2) is 7.02. The fourth-order valence-corrected chi connectivity index (χ4v) is 2.67. The molecule has 10 heteroatoms. The van der Waals surface area contributed by atoms with Crippen LogP contribution in [0.15, 0.2) is 36.8 Å². The molecule has 0 saturated heterocycles. The molecule has 0 bridgehead atoms. The van der Waals surface area contributed by atoms with Gasteiger partial charge < -0.3 is 11.1 Å². The first-order valence-electron chi connectivity index (χ1n) is 8.68. The summed E-state index contributed by atoms with van der Waals surface area (Å²) in [6.45, 7) is 4.40. The summed E-state index contributed by atoms with van der Waals surface area (Å²) in [6, 6.07) is 3.12. The molecule has 0 fully saturated rings. The topological polar surface area (TPSA) is 85.3 Å². The Balaban J connectivity index is 2.09. The zero-order chi connectivity index (χ0) is 21.6. The molecular formula is C19H19F4N5O. The number of nitrogens with zero attached hydrogens (tertiary/aromatic N) is 3. The molecule has 0 spiro atoms. The van der Waals surface area contributed by atoms with Crippen molar-refractivity contribution in [1.82, 2.24) is 14.6 Å². The number of amides is 1. The third-order valence-electron chi connectivity index (χ3n) is 4.68. The first-order chi connectivity index (χ1) is 13.4. The van der Waals surface area contributed by atoms with Crippen molar-refractivity contribution in [2.45, 2.75) is 38.7 Å². The third-order valence-corrected chi connectivity index (χ3v) is 4.68. The number of primary amides is 1. The number of fused-ring (bicyclic) bond motifs is 1. The molecule has 3 rings (SSSR count). The predicted molar refractivity (Wildman–Crippen MR) is 100 cm³/mol. The Kier molecular flexibility index (Phi) is 4.97. The normalized spacial score (nSPS) is 13.5. The van der Waals surface area contributed by atoms with Crippen LogP contribution in [0.3, 0.4) is 0 Å². The van der Waals surface area contributed by atoms with Gasteiger partial charge in [-0.15, -0.1) is 0 Å². The van der Waals surface area contributed by atoms with Crippen molar-refractivity contribution in [2.24, 2.45) is 5.73 Å². The number of nitrogens with one attached hydrogen (secondary N) is 1. The van der Waals surface area contributed by atoms with E-state index < -0.39 is 29.5 Å². The summed E-state index contributed by atoms with van der Waals surface area (Å²) in [7, 11) is 0. The number of nitrogens with two attached hydrogens (primary N) is 1. The Morgan fingerprint density at radius 1 is 1.17 bits per heavy atom. The van der Waals surface area contributed by atoms with E-state index in [0.717, 1.165) is 12.3 Å². The first-order valence-corrected chi connectivity index (χ1v) is 8.68. The highest BCUT2D eigenvalue weighted by molar-refractivity contribution is 6.02. The Labute approximate surface area is 163 Å². The van der Waals surface area contributed by atoms with E-state index in [9.17, 15) is 22.4 Å². The average molecular weight is 409 g/mol. The SMILES string of the molecule is C[C@@H](Nc1c(C(N)=O)cnn2cc(-c3ccc(C(F)(F)F)nc3)cc12)C(C)(C)F. The zero-order valence-electron chi connectivity index (χ0n) is 15.9. The van der Waals surface area contributed by atoms with Crippen molar-refractivity contribution in [3.8, 4) is 11.1 Å². The summed E-state index contributed by atoms with van der Waals surface area (Å²) in [5, 5.41) is 7.08. The van der Waals surface area contributed by atoms with Gasteiger partial charge in [0.15, 0.2) is 0 Å². The standard InChI is InChI=1S/C19H19F4N5O/c1-10(18(2,3)20)27-16-13(17(24)29)8-26-28-9-12(6-14(16)28)11-4-5-15(25-7-11)19(21,22)23/h4-10,27H,1-3H3,(H2,24,29)/t10-/m1/s1. The molecule has 1 amide bonds. The van der Waals surface area contributed by atoms with Gasteiger partial charge in [-0.05, 0) is 32.9 Å². The van der Waals surface area contributed by atoms with Gasteiger partial charge in [-0.1, -0.05) is 6.07 Å². The van der Waals surface area contributed by atoms with Gasteiger partial charge in [0.2, 0.25) is 0 Å². The first kappa shape index (κ1) is 20.6. The molecule has 0 aliphatic rings. The lowest BCUT2D eigenvalue weighted by Gasteiger charge is -2.26. The molecule has 0 unspecified atom stereocenters. The minimum absolute atomic E-state index is 0.0730. The summed E-state index contributed by atoms with van der Waals surface area (Å²) >= 11 is 0. The van der Waals surface area contributed by atoms with Gasteiger partial charge in [-0.3, -0.25) is 9.78 Å². The molecule has 3 heterocycles. The molecule has 0 aromatic carbocycles. The number of anilines is 1. The lowest BCUT2D eigenvalue weighted by atomic mass is 10.0. The molecule has 6 nitrogen and oxygen atoms in total. The van der Waals surface area contributed by atoms with Gasteiger partial charge in [0, 0.05) is 23.5 Å². The van der Waals surface area contributed by atoms with Crippen LogP contribution in [-0.4, -0.2) is 32.2 Å². The second-order valence-corrected chi connectivity index (χ2v) is 7.22. The number of rotatable bonds is 5. The van der Waals surface area contributed by atoms with Gasteiger partial charge in [-0.25, -0.2) is 8.91 Å². The van der Waals surface area contributed by atoms with Crippen LogP contribution in [0.4, 0.5) is 23.2 Å². The highest BCUT2D eigenvalue weighted by atomic mass is 19.4. The smallest absolute Gasteiger partial charge is 0.377 e. The quantitative estimate of drug-likeness (QED) is 0.623. The molecule has 0 aliphatic carbocycles. The monoisotopic (exact) mass is 409 g/mol. The molecular weight excluding hydrogens is 390 g/mol. The lowest BCUT2D eigenvalue weighted by molar-refractivity contribution is -0.141. The minimum Gasteiger partial charge on any atom is -0.377 e. The fraction of sp³-hybridized carbons (Fsp3) is 0.316. The molecule has 29 heavy (non-hydrogen) atoms. The van der Waals surface area contributed by atoms with Crippen LogP contribution in [-0.2, 0) is 6.18 Å². The van der Waals surface area contributed by atoms with E-state index in [1.54, 1.807) is 19.2 Å². The molecule has 154 valence electrons. The number of aromatic nitrogens is 3. The van der Waals surface area contributed by atoms with Crippen LogP contribution in [0.25, 0.3) is 16.6 Å². The molecule has 0 aliphatic heterocycles. The second-order valence-electron chi connectivity index (χ2n) is 7.22. The van der Waals surface area contributed by atoms with Gasteiger partial charge in [0.1, 0.15) is 11.4 Å². The summed E-state index contributed by atoms with van der Waals surface area (Å²) in [4.78, 5) is 15.3. The Bertz CT molecular complexity index is 1050. The molecule has 1 atom stereocenters. The van der Waals surface area contributed by atoms with Crippen LogP contribution in [0, 0.1) is 0 Å². The molecule has 0 radical (unpaired) electrons. The number of carbonyl (C=O) groups excluding carboxylic acids is 1. The Morgan fingerprint density at radius 3 is 2.38 bits per heavy atom. The largest absolute Gasteiger partial charge is 0.433 e. The predicted octanol–water partition coefficient (Wildman–Crippen LogP) is 4.06. The van der Waals surface area contributed by atoms with E-state index in [2.05, 4.69) is 15.4 Å². The highest BCUT2D eigenvalue weighted by Gasteiger charge is 2.32. The number of halogens is 4. The maximum absolute atomic E-state index is 14.3. The summed E-state index contributed by atoms with van der Waals surface area (Å²) in [5.74, 6) is -0.745. The van der Waals surface area contributed by atoms with E-state index in [1.807, 2.05) is 0 Å². The Morgan fingerprint density at radius 2 is 1.86 bits per heavy atom. The van der Waals surface area contributed by atoms with Crippen LogP contribution in [0.1, 0.15) is 36.8 Å². The van der Waals surface area contributed by atoms with Crippen molar-refractivity contribution in [3.63, 3.8) is 0 Å². The highest BCUT2D eigenvalue weighted by Crippen LogP contribution is 2.32. The summed E-state index contributed by atoms with van der Waals surface area (Å²) < 4.78 is 53.9. The van der Waals surface area contributed by atoms with Crippen molar-refractivity contribution in [1.29, 1.82) is 0 Å². The van der Waals surface area contributed by atoms with Gasteiger partial charge in [0.25, 0.3) is 5.91 Å². The maximum atomic E-state index is 14.3. The van der Waals surface area contributed by atoms with Crippen LogP contribution >= 0.6 is 0 Å². The van der Waals surface area contributed by atoms with Gasteiger partial charge >= 0.3 is 6.18 Å². The maximum Gasteiger partial charge on any atom is 0.433 e. The zero-order valence-corrected chi connectivity index (χ0v) is 15.9. The van der Waals surface area contributed by atoms with E-state index in [4.69, 9.17) is 5.73 Å². The van der Waals surface area contributed by atoms with E-state index in [1.165, 1.54) is 30.6 Å². The molecule has 3 N–H and O–H groups in total. The van der Waals surface area contributed by atoms with Gasteiger partial charge in [0.05, 0.1) is 29.0 Å². The van der Waals surface area contributed by atoms with E-state index >= 15 is 0 Å². The van der Waals surface area contributed by atoms with Crippen molar-refractivity contribution in [3.05, 3.63) is 48.0 Å². The molecule has 0 saturated carbocycles. The van der Waals surface area contributed by atoms with Gasteiger partial charge in [-0.2, -0.15) is 18.3 Å².